The Morgan fingerprint density at radius 1 is 0.931 bits per heavy atom. The molecule has 8 heteroatoms. The lowest BCUT2D eigenvalue weighted by molar-refractivity contribution is -0.116. The Morgan fingerprint density at radius 3 is 2.21 bits per heavy atom. The van der Waals surface area contributed by atoms with Crippen LogP contribution in [-0.2, 0) is 21.4 Å². The van der Waals surface area contributed by atoms with E-state index in [1.54, 1.807) is 42.5 Å². The highest BCUT2D eigenvalue weighted by Crippen LogP contribution is 2.21. The van der Waals surface area contributed by atoms with E-state index in [9.17, 15) is 17.6 Å². The first-order chi connectivity index (χ1) is 13.9. The van der Waals surface area contributed by atoms with Crippen LogP contribution in [0.5, 0.6) is 0 Å². The molecule has 0 aliphatic heterocycles. The van der Waals surface area contributed by atoms with Crippen LogP contribution >= 0.6 is 15.9 Å². The van der Waals surface area contributed by atoms with Gasteiger partial charge in [0.25, 0.3) is 0 Å². The molecule has 3 rings (SSSR count). The number of sulfonamides is 1. The third-order valence-corrected chi connectivity index (χ3v) is 6.46. The number of hydrogen-bond acceptors (Lipinski definition) is 3. The molecule has 3 aromatic rings. The summed E-state index contributed by atoms with van der Waals surface area (Å²) in [7, 11) is -3.96. The monoisotopic (exact) mass is 476 g/mol. The van der Waals surface area contributed by atoms with E-state index in [1.807, 2.05) is 6.07 Å². The van der Waals surface area contributed by atoms with Crippen LogP contribution in [0.3, 0.4) is 0 Å². The molecule has 0 spiro atoms. The quantitative estimate of drug-likeness (QED) is 0.548. The van der Waals surface area contributed by atoms with Gasteiger partial charge in [0, 0.05) is 11.0 Å². The van der Waals surface area contributed by atoms with Gasteiger partial charge < -0.3 is 5.32 Å². The average molecular weight is 477 g/mol. The molecule has 3 aromatic carbocycles. The van der Waals surface area contributed by atoms with Crippen molar-refractivity contribution in [1.82, 2.24) is 4.31 Å². The first kappa shape index (κ1) is 21.2. The minimum absolute atomic E-state index is 0.00167. The lowest BCUT2D eigenvalue weighted by atomic mass is 10.2. The van der Waals surface area contributed by atoms with E-state index in [0.717, 1.165) is 14.3 Å². The summed E-state index contributed by atoms with van der Waals surface area (Å²) >= 11 is 3.28. The normalized spacial score (nSPS) is 11.4. The lowest BCUT2D eigenvalue weighted by Crippen LogP contribution is -2.37. The molecule has 150 valence electrons. The number of amides is 1. The van der Waals surface area contributed by atoms with Crippen molar-refractivity contribution in [2.75, 3.05) is 11.9 Å². The Hall–Kier alpha value is -2.55. The summed E-state index contributed by atoms with van der Waals surface area (Å²) in [6, 6.07) is 20.8. The number of carbonyl (C=O) groups is 1. The van der Waals surface area contributed by atoms with Gasteiger partial charge in [-0.1, -0.05) is 58.4 Å². The largest absolute Gasteiger partial charge is 0.322 e. The molecule has 0 unspecified atom stereocenters. The Balaban J connectivity index is 1.87. The first-order valence-electron chi connectivity index (χ1n) is 8.70. The summed E-state index contributed by atoms with van der Waals surface area (Å²) in [5.74, 6) is -1.22. The van der Waals surface area contributed by atoms with Gasteiger partial charge in [0.05, 0.1) is 17.1 Å². The van der Waals surface area contributed by atoms with Crippen molar-refractivity contribution in [2.45, 2.75) is 11.4 Å². The van der Waals surface area contributed by atoms with Crippen molar-refractivity contribution in [3.8, 4) is 0 Å². The van der Waals surface area contributed by atoms with Gasteiger partial charge in [-0.15, -0.1) is 0 Å². The molecule has 0 aliphatic carbocycles. The van der Waals surface area contributed by atoms with E-state index in [-0.39, 0.29) is 17.1 Å². The van der Waals surface area contributed by atoms with Gasteiger partial charge in [-0.3, -0.25) is 4.79 Å². The van der Waals surface area contributed by atoms with E-state index >= 15 is 0 Å². The SMILES string of the molecule is O=C(CN(Cc1ccccc1)S(=O)(=O)c1ccc(Br)cc1)Nc1ccccc1F. The number of carbonyl (C=O) groups excluding carboxylic acids is 1. The van der Waals surface area contributed by atoms with Crippen LogP contribution in [0.1, 0.15) is 5.56 Å². The highest BCUT2D eigenvalue weighted by Gasteiger charge is 2.27. The maximum absolute atomic E-state index is 13.8. The molecule has 0 radical (unpaired) electrons. The standard InChI is InChI=1S/C21H18BrFN2O3S/c22-17-10-12-18(13-11-17)29(27,28)25(14-16-6-2-1-3-7-16)15-21(26)24-20-9-5-4-8-19(20)23/h1-13H,14-15H2,(H,24,26). The number of nitrogens with one attached hydrogen (secondary N) is 1. The van der Waals surface area contributed by atoms with Gasteiger partial charge >= 0.3 is 0 Å². The molecular formula is C21H18BrFN2O3S. The predicted molar refractivity (Wildman–Crippen MR) is 113 cm³/mol. The Morgan fingerprint density at radius 2 is 1.55 bits per heavy atom. The van der Waals surface area contributed by atoms with Crippen LogP contribution in [0, 0.1) is 5.82 Å². The van der Waals surface area contributed by atoms with Gasteiger partial charge in [0.2, 0.25) is 15.9 Å². The van der Waals surface area contributed by atoms with Gasteiger partial charge in [-0.2, -0.15) is 4.31 Å². The van der Waals surface area contributed by atoms with Crippen LogP contribution in [0.4, 0.5) is 10.1 Å². The smallest absolute Gasteiger partial charge is 0.243 e. The highest BCUT2D eigenvalue weighted by atomic mass is 79.9. The summed E-state index contributed by atoms with van der Waals surface area (Å²) in [6.45, 7) is -0.453. The van der Waals surface area contributed by atoms with Crippen LogP contribution in [-0.4, -0.2) is 25.2 Å². The van der Waals surface area contributed by atoms with E-state index in [4.69, 9.17) is 0 Å². The van der Waals surface area contributed by atoms with Crippen LogP contribution in [0.2, 0.25) is 0 Å². The zero-order valence-corrected chi connectivity index (χ0v) is 17.7. The summed E-state index contributed by atoms with van der Waals surface area (Å²) in [5, 5.41) is 2.43. The molecule has 0 aliphatic rings. The zero-order chi connectivity index (χ0) is 20.9. The fraction of sp³-hybridized carbons (Fsp3) is 0.0952. The van der Waals surface area contributed by atoms with Gasteiger partial charge in [0.1, 0.15) is 5.82 Å². The van der Waals surface area contributed by atoms with E-state index in [0.29, 0.717) is 0 Å². The zero-order valence-electron chi connectivity index (χ0n) is 15.3. The molecule has 0 aromatic heterocycles. The highest BCUT2D eigenvalue weighted by molar-refractivity contribution is 9.10. The molecule has 0 heterocycles. The molecular weight excluding hydrogens is 459 g/mol. The Kier molecular flexibility index (Phi) is 6.79. The lowest BCUT2D eigenvalue weighted by Gasteiger charge is -2.22. The Bertz CT molecular complexity index is 1090. The first-order valence-corrected chi connectivity index (χ1v) is 10.9. The van der Waals surface area contributed by atoms with Gasteiger partial charge in [-0.25, -0.2) is 12.8 Å². The molecule has 0 saturated heterocycles. The third-order valence-electron chi connectivity index (χ3n) is 4.12. The van der Waals surface area contributed by atoms with Crippen molar-refractivity contribution >= 4 is 37.5 Å². The molecule has 29 heavy (non-hydrogen) atoms. The minimum Gasteiger partial charge on any atom is -0.322 e. The second kappa shape index (κ2) is 9.30. The third kappa shape index (κ3) is 5.50. The number of anilines is 1. The minimum atomic E-state index is -3.96. The summed E-state index contributed by atoms with van der Waals surface area (Å²) < 4.78 is 41.9. The number of benzene rings is 3. The molecule has 1 amide bonds. The summed E-state index contributed by atoms with van der Waals surface area (Å²) in [5.41, 5.74) is 0.727. The van der Waals surface area contributed by atoms with Crippen LogP contribution < -0.4 is 5.32 Å². The number of para-hydroxylation sites is 1. The molecule has 1 N–H and O–H groups in total. The van der Waals surface area contributed by atoms with E-state index in [1.165, 1.54) is 30.3 Å². The van der Waals surface area contributed by atoms with Crippen molar-refractivity contribution in [3.05, 3.63) is 94.7 Å². The van der Waals surface area contributed by atoms with E-state index in [2.05, 4.69) is 21.2 Å². The summed E-state index contributed by atoms with van der Waals surface area (Å²) in [4.78, 5) is 12.6. The fourth-order valence-electron chi connectivity index (χ4n) is 2.68. The molecule has 0 fully saturated rings. The van der Waals surface area contributed by atoms with Crippen molar-refractivity contribution in [3.63, 3.8) is 0 Å². The van der Waals surface area contributed by atoms with Crippen molar-refractivity contribution in [1.29, 1.82) is 0 Å². The van der Waals surface area contributed by atoms with Crippen LogP contribution in [0.15, 0.2) is 88.2 Å². The van der Waals surface area contributed by atoms with Crippen molar-refractivity contribution in [2.24, 2.45) is 0 Å². The van der Waals surface area contributed by atoms with Gasteiger partial charge in [0.15, 0.2) is 0 Å². The second-order valence-corrected chi connectivity index (χ2v) is 9.09. The van der Waals surface area contributed by atoms with Gasteiger partial charge in [-0.05, 0) is 42.0 Å². The Labute approximate surface area is 177 Å². The van der Waals surface area contributed by atoms with Crippen LogP contribution in [0.25, 0.3) is 0 Å². The molecule has 0 bridgehead atoms. The number of hydrogen-bond donors (Lipinski definition) is 1. The maximum Gasteiger partial charge on any atom is 0.243 e. The van der Waals surface area contributed by atoms with E-state index < -0.39 is 28.3 Å². The number of rotatable bonds is 7. The van der Waals surface area contributed by atoms with Crippen molar-refractivity contribution < 1.29 is 17.6 Å². The molecule has 0 atom stereocenters. The molecule has 5 nitrogen and oxygen atoms in total. The summed E-state index contributed by atoms with van der Waals surface area (Å²) in [6.07, 6.45) is 0. The maximum atomic E-state index is 13.8. The fourth-order valence-corrected chi connectivity index (χ4v) is 4.33. The average Bonchev–Trinajstić information content (AvgIpc) is 2.70. The predicted octanol–water partition coefficient (Wildman–Crippen LogP) is 4.42. The molecule has 0 saturated carbocycles. The number of nitrogens with zero attached hydrogens (tertiary/aromatic N) is 1. The number of halogens is 2. The second-order valence-electron chi connectivity index (χ2n) is 6.24. The topological polar surface area (TPSA) is 66.5 Å².